The van der Waals surface area contributed by atoms with Crippen molar-refractivity contribution in [2.45, 2.75) is 27.7 Å². The number of hydrogen-bond donors (Lipinski definition) is 2. The summed E-state index contributed by atoms with van der Waals surface area (Å²) in [6, 6.07) is 3.49. The standard InChI is InChI=1S/C16H26ClN3O2/c1-5-20(6-2)8-7-18-16(21)19-11-22-14-9-12(3)15(17)13(4)10-14/h9-10H,5-8,11H2,1-4H3,(H2,18,19,21). The molecule has 0 aliphatic heterocycles. The Morgan fingerprint density at radius 1 is 1.18 bits per heavy atom. The third kappa shape index (κ3) is 6.12. The molecule has 0 aliphatic rings. The summed E-state index contributed by atoms with van der Waals surface area (Å²) in [5.41, 5.74) is 1.92. The Balaban J connectivity index is 2.28. The number of ether oxygens (including phenoxy) is 1. The van der Waals surface area contributed by atoms with E-state index in [2.05, 4.69) is 29.4 Å². The summed E-state index contributed by atoms with van der Waals surface area (Å²) in [5.74, 6) is 0.697. The Morgan fingerprint density at radius 2 is 1.77 bits per heavy atom. The second-order valence-corrected chi connectivity index (χ2v) is 5.50. The predicted molar refractivity (Wildman–Crippen MR) is 90.7 cm³/mol. The number of urea groups is 1. The van der Waals surface area contributed by atoms with Crippen LogP contribution in [0.4, 0.5) is 4.79 Å². The summed E-state index contributed by atoms with van der Waals surface area (Å²) in [6.45, 7) is 11.6. The highest BCUT2D eigenvalue weighted by Crippen LogP contribution is 2.25. The van der Waals surface area contributed by atoms with E-state index in [4.69, 9.17) is 16.3 Å². The van der Waals surface area contributed by atoms with Gasteiger partial charge in [-0.25, -0.2) is 4.79 Å². The molecule has 0 saturated carbocycles. The quantitative estimate of drug-likeness (QED) is 0.722. The monoisotopic (exact) mass is 327 g/mol. The van der Waals surface area contributed by atoms with Crippen molar-refractivity contribution in [2.24, 2.45) is 0 Å². The average molecular weight is 328 g/mol. The van der Waals surface area contributed by atoms with Crippen molar-refractivity contribution in [1.29, 1.82) is 0 Å². The molecule has 1 aromatic carbocycles. The first-order valence-corrected chi connectivity index (χ1v) is 7.99. The molecule has 2 amide bonds. The molecule has 0 aliphatic carbocycles. The van der Waals surface area contributed by atoms with Gasteiger partial charge in [-0.15, -0.1) is 0 Å². The Kier molecular flexibility index (Phi) is 8.06. The Morgan fingerprint density at radius 3 is 2.32 bits per heavy atom. The lowest BCUT2D eigenvalue weighted by Gasteiger charge is -2.18. The zero-order chi connectivity index (χ0) is 16.5. The van der Waals surface area contributed by atoms with Crippen LogP contribution in [-0.4, -0.2) is 43.8 Å². The van der Waals surface area contributed by atoms with Crippen molar-refractivity contribution in [3.05, 3.63) is 28.3 Å². The van der Waals surface area contributed by atoms with Crippen LogP contribution < -0.4 is 15.4 Å². The van der Waals surface area contributed by atoms with E-state index < -0.39 is 0 Å². The molecular formula is C16H26ClN3O2. The number of amides is 2. The number of hydrogen-bond acceptors (Lipinski definition) is 3. The summed E-state index contributed by atoms with van der Waals surface area (Å²) in [6.07, 6.45) is 0. The third-order valence-electron chi connectivity index (χ3n) is 3.49. The van der Waals surface area contributed by atoms with Gasteiger partial charge < -0.3 is 20.3 Å². The number of carbonyl (C=O) groups is 1. The van der Waals surface area contributed by atoms with Crippen molar-refractivity contribution < 1.29 is 9.53 Å². The zero-order valence-corrected chi connectivity index (χ0v) is 14.6. The molecule has 0 spiro atoms. The van der Waals surface area contributed by atoms with Gasteiger partial charge in [-0.2, -0.15) is 0 Å². The van der Waals surface area contributed by atoms with E-state index in [0.29, 0.717) is 12.3 Å². The van der Waals surface area contributed by atoms with Gasteiger partial charge >= 0.3 is 6.03 Å². The number of nitrogens with zero attached hydrogens (tertiary/aromatic N) is 1. The fourth-order valence-electron chi connectivity index (χ4n) is 2.10. The van der Waals surface area contributed by atoms with Gasteiger partial charge in [-0.3, -0.25) is 0 Å². The Hall–Kier alpha value is -1.46. The van der Waals surface area contributed by atoms with Gasteiger partial charge in [-0.05, 0) is 50.2 Å². The van der Waals surface area contributed by atoms with Crippen LogP contribution in [0.25, 0.3) is 0 Å². The van der Waals surface area contributed by atoms with Crippen molar-refractivity contribution >= 4 is 17.6 Å². The molecule has 0 radical (unpaired) electrons. The first-order chi connectivity index (χ1) is 10.5. The number of aryl methyl sites for hydroxylation is 2. The van der Waals surface area contributed by atoms with Crippen LogP contribution in [0.3, 0.4) is 0 Å². The summed E-state index contributed by atoms with van der Waals surface area (Å²) < 4.78 is 5.52. The van der Waals surface area contributed by atoms with Crippen LogP contribution >= 0.6 is 11.6 Å². The van der Waals surface area contributed by atoms with E-state index in [0.717, 1.165) is 35.8 Å². The maximum Gasteiger partial charge on any atom is 0.317 e. The lowest BCUT2D eigenvalue weighted by molar-refractivity contribution is 0.221. The second-order valence-electron chi connectivity index (χ2n) is 5.12. The number of benzene rings is 1. The van der Waals surface area contributed by atoms with E-state index in [1.54, 1.807) is 0 Å². The van der Waals surface area contributed by atoms with Gasteiger partial charge in [0.1, 0.15) is 5.75 Å². The van der Waals surface area contributed by atoms with Crippen LogP contribution in [0.1, 0.15) is 25.0 Å². The highest BCUT2D eigenvalue weighted by molar-refractivity contribution is 6.32. The number of carbonyl (C=O) groups excluding carboxylic acids is 1. The minimum atomic E-state index is -0.227. The molecule has 0 aromatic heterocycles. The summed E-state index contributed by atoms with van der Waals surface area (Å²) in [5, 5.41) is 6.22. The third-order valence-corrected chi connectivity index (χ3v) is 4.09. The molecule has 0 saturated heterocycles. The number of likely N-dealkylation sites (N-methyl/N-ethyl adjacent to an activating group) is 1. The molecule has 124 valence electrons. The minimum absolute atomic E-state index is 0.123. The number of nitrogens with one attached hydrogen (secondary N) is 2. The van der Waals surface area contributed by atoms with Gasteiger partial charge in [0.05, 0.1) is 0 Å². The van der Waals surface area contributed by atoms with Crippen molar-refractivity contribution in [2.75, 3.05) is 32.9 Å². The van der Waals surface area contributed by atoms with Crippen molar-refractivity contribution in [3.63, 3.8) is 0 Å². The normalized spacial score (nSPS) is 10.6. The molecule has 2 N–H and O–H groups in total. The minimum Gasteiger partial charge on any atom is -0.473 e. The first-order valence-electron chi connectivity index (χ1n) is 7.61. The molecule has 0 heterocycles. The summed E-state index contributed by atoms with van der Waals surface area (Å²) >= 11 is 6.10. The molecule has 0 fully saturated rings. The van der Waals surface area contributed by atoms with Crippen molar-refractivity contribution in [3.8, 4) is 5.75 Å². The topological polar surface area (TPSA) is 53.6 Å². The molecular weight excluding hydrogens is 302 g/mol. The van der Waals surface area contributed by atoms with Crippen LogP contribution in [0.15, 0.2) is 12.1 Å². The fraction of sp³-hybridized carbons (Fsp3) is 0.562. The van der Waals surface area contributed by atoms with Crippen LogP contribution in [-0.2, 0) is 0 Å². The number of rotatable bonds is 8. The van der Waals surface area contributed by atoms with E-state index in [9.17, 15) is 4.79 Å². The molecule has 0 unspecified atom stereocenters. The van der Waals surface area contributed by atoms with Gasteiger partial charge in [0.15, 0.2) is 6.73 Å². The SMILES string of the molecule is CCN(CC)CCNC(=O)NCOc1cc(C)c(Cl)c(C)c1. The molecule has 6 heteroatoms. The fourth-order valence-corrected chi connectivity index (χ4v) is 2.21. The average Bonchev–Trinajstić information content (AvgIpc) is 2.49. The van der Waals surface area contributed by atoms with Gasteiger partial charge in [-0.1, -0.05) is 25.4 Å². The summed E-state index contributed by atoms with van der Waals surface area (Å²) in [7, 11) is 0. The predicted octanol–water partition coefficient (Wildman–Crippen LogP) is 2.93. The maximum absolute atomic E-state index is 11.6. The lowest BCUT2D eigenvalue weighted by atomic mass is 10.1. The van der Waals surface area contributed by atoms with E-state index in [-0.39, 0.29) is 12.8 Å². The van der Waals surface area contributed by atoms with E-state index >= 15 is 0 Å². The largest absolute Gasteiger partial charge is 0.473 e. The molecule has 22 heavy (non-hydrogen) atoms. The second kappa shape index (κ2) is 9.54. The zero-order valence-electron chi connectivity index (χ0n) is 13.8. The highest BCUT2D eigenvalue weighted by Gasteiger charge is 2.05. The van der Waals surface area contributed by atoms with E-state index in [1.165, 1.54) is 0 Å². The molecule has 5 nitrogen and oxygen atoms in total. The lowest BCUT2D eigenvalue weighted by Crippen LogP contribution is -2.41. The van der Waals surface area contributed by atoms with Gasteiger partial charge in [0.2, 0.25) is 0 Å². The smallest absolute Gasteiger partial charge is 0.317 e. The Labute approximate surface area is 138 Å². The van der Waals surface area contributed by atoms with Gasteiger partial charge in [0.25, 0.3) is 0 Å². The van der Waals surface area contributed by atoms with Crippen molar-refractivity contribution in [1.82, 2.24) is 15.5 Å². The maximum atomic E-state index is 11.6. The van der Waals surface area contributed by atoms with Gasteiger partial charge in [0, 0.05) is 18.1 Å². The molecule has 1 rings (SSSR count). The number of halogens is 1. The highest BCUT2D eigenvalue weighted by atomic mass is 35.5. The molecule has 0 bridgehead atoms. The van der Waals surface area contributed by atoms with E-state index in [1.807, 2.05) is 26.0 Å². The first kappa shape index (κ1) is 18.6. The van der Waals surface area contributed by atoms with Crippen LogP contribution in [0.2, 0.25) is 5.02 Å². The molecule has 0 atom stereocenters. The summed E-state index contributed by atoms with van der Waals surface area (Å²) in [4.78, 5) is 13.9. The van der Waals surface area contributed by atoms with Crippen LogP contribution in [0, 0.1) is 13.8 Å². The Bertz CT molecular complexity index is 467. The molecule has 1 aromatic rings. The van der Waals surface area contributed by atoms with Crippen LogP contribution in [0.5, 0.6) is 5.75 Å².